The number of carbonyl (C=O) groups excluding carboxylic acids is 4. The second-order valence-electron chi connectivity index (χ2n) is 9.86. The molecule has 0 aliphatic carbocycles. The fourth-order valence-electron chi connectivity index (χ4n) is 4.37. The molecule has 0 saturated carbocycles. The van der Waals surface area contributed by atoms with E-state index in [9.17, 15) is 24.3 Å². The number of fused-ring (bicyclic) bond motifs is 2. The fraction of sp³-hybridized carbons (Fsp3) is 0.429. The maximum absolute atomic E-state index is 13.6. The minimum absolute atomic E-state index is 0.0117. The van der Waals surface area contributed by atoms with Gasteiger partial charge in [0.05, 0.1) is 11.8 Å². The third kappa shape index (κ3) is 7.78. The lowest BCUT2D eigenvalue weighted by Crippen LogP contribution is -2.52. The molecule has 0 unspecified atom stereocenters. The standard InChI is InChI=1S/C28H34N6O7/c1-3-18-14-22(41-34-18)26(38)30-19-11-7-8-12-29-27(39)23(16(2)35)33-25(37)21-15-40-28(32-21)20(31-24(19)36)13-17-9-5-4-6-10-17/h4-6,9-10,14-16,19-20,23,35H,3,7-8,11-13H2,1-2H3,(H,29,39)(H,30,38)(H,31,36)(H,33,37)/t16-,19+,20+,23+/m1/s1. The Kier molecular flexibility index (Phi) is 9.85. The molecule has 1 aromatic carbocycles. The van der Waals surface area contributed by atoms with Gasteiger partial charge in [-0.05, 0) is 38.2 Å². The van der Waals surface area contributed by atoms with Crippen molar-refractivity contribution in [2.24, 2.45) is 0 Å². The minimum atomic E-state index is -1.21. The second-order valence-corrected chi connectivity index (χ2v) is 9.86. The van der Waals surface area contributed by atoms with E-state index in [1.54, 1.807) is 0 Å². The van der Waals surface area contributed by atoms with Crippen LogP contribution in [0.25, 0.3) is 0 Å². The summed E-state index contributed by atoms with van der Waals surface area (Å²) < 4.78 is 10.7. The van der Waals surface area contributed by atoms with E-state index in [0.29, 0.717) is 25.0 Å². The van der Waals surface area contributed by atoms with Gasteiger partial charge in [0.1, 0.15) is 24.4 Å². The van der Waals surface area contributed by atoms with Gasteiger partial charge in [0.2, 0.25) is 23.5 Å². The Morgan fingerprint density at radius 2 is 1.93 bits per heavy atom. The number of hydrogen-bond acceptors (Lipinski definition) is 9. The van der Waals surface area contributed by atoms with E-state index >= 15 is 0 Å². The normalized spacial score (nSPS) is 21.3. The van der Waals surface area contributed by atoms with Crippen molar-refractivity contribution in [3.8, 4) is 0 Å². The van der Waals surface area contributed by atoms with Gasteiger partial charge in [-0.1, -0.05) is 42.4 Å². The molecule has 218 valence electrons. The highest BCUT2D eigenvalue weighted by molar-refractivity contribution is 5.96. The SMILES string of the molecule is CCc1cc(C(=O)N[C@H]2CCCCNC(=O)[C@H]([C@@H](C)O)NC(=O)c3coc(n3)[C@H](Cc3ccccc3)NC2=O)on1. The van der Waals surface area contributed by atoms with Gasteiger partial charge >= 0.3 is 0 Å². The highest BCUT2D eigenvalue weighted by Gasteiger charge is 2.31. The van der Waals surface area contributed by atoms with Crippen molar-refractivity contribution in [2.45, 2.75) is 70.2 Å². The van der Waals surface area contributed by atoms with Crippen LogP contribution in [-0.4, -0.2) is 63.6 Å². The summed E-state index contributed by atoms with van der Waals surface area (Å²) in [6.07, 6.45) is 2.02. The molecule has 4 rings (SSSR count). The van der Waals surface area contributed by atoms with Crippen molar-refractivity contribution in [3.05, 3.63) is 71.3 Å². The number of amides is 4. The highest BCUT2D eigenvalue weighted by Crippen LogP contribution is 2.20. The summed E-state index contributed by atoms with van der Waals surface area (Å²) in [6.45, 7) is 3.50. The molecule has 13 heteroatoms. The lowest BCUT2D eigenvalue weighted by Gasteiger charge is -2.23. The minimum Gasteiger partial charge on any atom is -0.446 e. The van der Waals surface area contributed by atoms with E-state index in [-0.39, 0.29) is 36.7 Å². The van der Waals surface area contributed by atoms with Crippen LogP contribution in [0.5, 0.6) is 0 Å². The van der Waals surface area contributed by atoms with Gasteiger partial charge in [0.15, 0.2) is 5.69 Å². The molecule has 1 aliphatic rings. The van der Waals surface area contributed by atoms with Crippen LogP contribution in [0.3, 0.4) is 0 Å². The van der Waals surface area contributed by atoms with E-state index in [1.165, 1.54) is 13.0 Å². The molecule has 0 saturated heterocycles. The zero-order valence-corrected chi connectivity index (χ0v) is 22.9. The topological polar surface area (TPSA) is 189 Å². The average Bonchev–Trinajstić information content (AvgIpc) is 3.65. The maximum atomic E-state index is 13.6. The summed E-state index contributed by atoms with van der Waals surface area (Å²) in [5.41, 5.74) is 1.35. The van der Waals surface area contributed by atoms with Gasteiger partial charge in [-0.25, -0.2) is 4.98 Å². The number of carbonyl (C=O) groups is 4. The van der Waals surface area contributed by atoms with Gasteiger partial charge < -0.3 is 35.3 Å². The Labute approximate surface area is 236 Å². The first-order chi connectivity index (χ1) is 19.7. The number of nitrogens with zero attached hydrogens (tertiary/aromatic N) is 2. The molecule has 3 heterocycles. The first kappa shape index (κ1) is 29.5. The number of nitrogens with one attached hydrogen (secondary N) is 4. The molecule has 0 radical (unpaired) electrons. The molecule has 4 amide bonds. The first-order valence-corrected chi connectivity index (χ1v) is 13.6. The van der Waals surface area contributed by atoms with E-state index in [2.05, 4.69) is 31.4 Å². The van der Waals surface area contributed by atoms with Gasteiger partial charge in [-0.3, -0.25) is 19.2 Å². The maximum Gasteiger partial charge on any atom is 0.290 e. The largest absolute Gasteiger partial charge is 0.446 e. The summed E-state index contributed by atoms with van der Waals surface area (Å²) in [7, 11) is 0. The predicted molar refractivity (Wildman–Crippen MR) is 144 cm³/mol. The van der Waals surface area contributed by atoms with E-state index in [0.717, 1.165) is 11.8 Å². The molecule has 13 nitrogen and oxygen atoms in total. The van der Waals surface area contributed by atoms with Crippen molar-refractivity contribution >= 4 is 23.6 Å². The van der Waals surface area contributed by atoms with Crippen molar-refractivity contribution in [2.75, 3.05) is 6.54 Å². The highest BCUT2D eigenvalue weighted by atomic mass is 16.5. The first-order valence-electron chi connectivity index (χ1n) is 13.6. The Bertz CT molecular complexity index is 1350. The lowest BCUT2D eigenvalue weighted by molar-refractivity contribution is -0.125. The molecule has 41 heavy (non-hydrogen) atoms. The molecule has 2 aromatic heterocycles. The predicted octanol–water partition coefficient (Wildman–Crippen LogP) is 1.20. The Hall–Kier alpha value is -4.52. The number of aliphatic hydroxyl groups excluding tert-OH is 1. The summed E-state index contributed by atoms with van der Waals surface area (Å²) in [6, 6.07) is 7.90. The van der Waals surface area contributed by atoms with Gasteiger partial charge in [0, 0.05) is 19.0 Å². The van der Waals surface area contributed by atoms with Crippen LogP contribution in [0.1, 0.15) is 77.3 Å². The molecular formula is C28H34N6O7. The number of hydrogen-bond donors (Lipinski definition) is 5. The zero-order valence-electron chi connectivity index (χ0n) is 22.9. The lowest BCUT2D eigenvalue weighted by atomic mass is 10.0. The summed E-state index contributed by atoms with van der Waals surface area (Å²) in [5, 5.41) is 24.8. The van der Waals surface area contributed by atoms with Gasteiger partial charge in [-0.2, -0.15) is 0 Å². The molecular weight excluding hydrogens is 532 g/mol. The number of rotatable bonds is 6. The molecule has 0 fully saturated rings. The van der Waals surface area contributed by atoms with Crippen molar-refractivity contribution in [3.63, 3.8) is 0 Å². The third-order valence-electron chi connectivity index (χ3n) is 6.69. The van der Waals surface area contributed by atoms with Gasteiger partial charge in [-0.15, -0.1) is 0 Å². The van der Waals surface area contributed by atoms with E-state index < -0.39 is 47.9 Å². The van der Waals surface area contributed by atoms with Gasteiger partial charge in [0.25, 0.3) is 11.8 Å². The van der Waals surface area contributed by atoms with E-state index in [1.807, 2.05) is 37.3 Å². The number of aryl methyl sites for hydroxylation is 1. The molecule has 3 aromatic rings. The monoisotopic (exact) mass is 566 g/mol. The quantitative estimate of drug-likeness (QED) is 0.292. The Morgan fingerprint density at radius 1 is 1.15 bits per heavy atom. The fourth-order valence-corrected chi connectivity index (χ4v) is 4.37. The number of aromatic nitrogens is 2. The molecule has 1 aliphatic heterocycles. The smallest absolute Gasteiger partial charge is 0.290 e. The van der Waals surface area contributed by atoms with Crippen LogP contribution in [0.15, 0.2) is 51.6 Å². The van der Waals surface area contributed by atoms with E-state index in [4.69, 9.17) is 8.94 Å². The number of aliphatic hydroxyl groups is 1. The third-order valence-corrected chi connectivity index (χ3v) is 6.69. The van der Waals surface area contributed by atoms with Crippen LogP contribution in [0.2, 0.25) is 0 Å². The van der Waals surface area contributed by atoms with Crippen LogP contribution < -0.4 is 21.3 Å². The van der Waals surface area contributed by atoms with Crippen LogP contribution >= 0.6 is 0 Å². The molecule has 4 atom stereocenters. The molecule has 0 spiro atoms. The number of oxazole rings is 1. The summed E-state index contributed by atoms with van der Waals surface area (Å²) >= 11 is 0. The van der Waals surface area contributed by atoms with Crippen molar-refractivity contribution in [1.82, 2.24) is 31.4 Å². The van der Waals surface area contributed by atoms with Crippen LogP contribution in [0.4, 0.5) is 0 Å². The van der Waals surface area contributed by atoms with Crippen LogP contribution in [0, 0.1) is 0 Å². The Balaban J connectivity index is 1.63. The molecule has 2 bridgehead atoms. The summed E-state index contributed by atoms with van der Waals surface area (Å²) in [5.74, 6) is -2.31. The number of benzene rings is 1. The zero-order chi connectivity index (χ0) is 29.4. The summed E-state index contributed by atoms with van der Waals surface area (Å²) in [4.78, 5) is 56.3. The van der Waals surface area contributed by atoms with Crippen molar-refractivity contribution < 1.29 is 33.2 Å². The average molecular weight is 567 g/mol. The Morgan fingerprint density at radius 3 is 2.63 bits per heavy atom. The van der Waals surface area contributed by atoms with Crippen LogP contribution in [-0.2, 0) is 22.4 Å². The van der Waals surface area contributed by atoms with Crippen molar-refractivity contribution in [1.29, 1.82) is 0 Å². The molecule has 5 N–H and O–H groups in total. The second kappa shape index (κ2) is 13.7.